The molecule has 1 atom stereocenters. The third kappa shape index (κ3) is 1.65. The first-order valence-corrected chi connectivity index (χ1v) is 6.35. The average Bonchev–Trinajstić information content (AvgIpc) is 2.83. The van der Waals surface area contributed by atoms with Gasteiger partial charge in [0.25, 0.3) is 5.91 Å². The van der Waals surface area contributed by atoms with E-state index in [4.69, 9.17) is 0 Å². The highest BCUT2D eigenvalue weighted by Gasteiger charge is 2.35. The topological polar surface area (TPSA) is 29.1 Å². The molecule has 3 aliphatic carbocycles. The third-order valence-electron chi connectivity index (χ3n) is 3.80. The minimum absolute atomic E-state index is 0.100. The molecule has 0 spiro atoms. The smallest absolute Gasteiger partial charge is 0.252 e. The van der Waals surface area contributed by atoms with Crippen LogP contribution in [0.1, 0.15) is 20.3 Å². The van der Waals surface area contributed by atoms with E-state index < -0.39 is 12.7 Å². The zero-order valence-corrected chi connectivity index (χ0v) is 10.6. The standard InChI is InChI=1S/C15H16FNO/c1-8(2)14(7-16)17-15(18)11-4-3-10-12-5-9(12)6-13(10)11/h3-4,6,8,14H,5,7H2,1-2H3,(H,17,18)/t14-/m1/s1. The predicted octanol–water partition coefficient (Wildman–Crippen LogP) is 2.60. The van der Waals surface area contributed by atoms with Crippen LogP contribution in [-0.2, 0) is 4.79 Å². The molecule has 1 fully saturated rings. The lowest BCUT2D eigenvalue weighted by molar-refractivity contribution is -0.118. The quantitative estimate of drug-likeness (QED) is 0.810. The molecule has 0 aromatic rings. The number of rotatable bonds is 4. The fourth-order valence-corrected chi connectivity index (χ4v) is 2.46. The van der Waals surface area contributed by atoms with Crippen LogP contribution in [0.5, 0.6) is 0 Å². The SMILES string of the molecule is CC(C)[C@@H](CF)NC(=O)C1=C2C=C3CC3=C2C=C1. The zero-order chi connectivity index (χ0) is 12.9. The van der Waals surface area contributed by atoms with Gasteiger partial charge >= 0.3 is 0 Å². The van der Waals surface area contributed by atoms with E-state index in [1.54, 1.807) is 0 Å². The fraction of sp³-hybridized carbons (Fsp3) is 0.400. The van der Waals surface area contributed by atoms with Gasteiger partial charge in [-0.25, -0.2) is 4.39 Å². The molecule has 1 N–H and O–H groups in total. The van der Waals surface area contributed by atoms with Gasteiger partial charge in [0.2, 0.25) is 0 Å². The van der Waals surface area contributed by atoms with Gasteiger partial charge in [0.05, 0.1) is 6.04 Å². The van der Waals surface area contributed by atoms with Crippen LogP contribution >= 0.6 is 0 Å². The minimum atomic E-state index is -0.523. The molecule has 0 aliphatic heterocycles. The highest BCUT2D eigenvalue weighted by Crippen LogP contribution is 2.51. The molecule has 0 unspecified atom stereocenters. The molecule has 3 rings (SSSR count). The summed E-state index contributed by atoms with van der Waals surface area (Å²) in [4.78, 5) is 12.1. The van der Waals surface area contributed by atoms with Crippen molar-refractivity contribution >= 4 is 5.91 Å². The molecule has 3 heteroatoms. The van der Waals surface area contributed by atoms with Crippen LogP contribution in [0.3, 0.4) is 0 Å². The summed E-state index contributed by atoms with van der Waals surface area (Å²) in [7, 11) is 0. The number of hydrogen-bond acceptors (Lipinski definition) is 1. The van der Waals surface area contributed by atoms with Crippen molar-refractivity contribution in [1.82, 2.24) is 5.32 Å². The van der Waals surface area contributed by atoms with Crippen molar-refractivity contribution in [2.24, 2.45) is 5.92 Å². The number of hydrogen-bond donors (Lipinski definition) is 1. The Labute approximate surface area is 106 Å². The number of allylic oxidation sites excluding steroid dienone is 6. The zero-order valence-electron chi connectivity index (χ0n) is 10.6. The van der Waals surface area contributed by atoms with Crippen LogP contribution < -0.4 is 5.32 Å². The number of amides is 1. The molecule has 0 bridgehead atoms. The van der Waals surface area contributed by atoms with Crippen LogP contribution in [0.2, 0.25) is 0 Å². The molecule has 0 radical (unpaired) electrons. The first kappa shape index (κ1) is 11.5. The van der Waals surface area contributed by atoms with E-state index in [9.17, 15) is 9.18 Å². The van der Waals surface area contributed by atoms with E-state index in [2.05, 4.69) is 11.4 Å². The molecular formula is C15H16FNO. The maximum atomic E-state index is 12.8. The molecule has 3 aliphatic rings. The number of carbonyl (C=O) groups excluding carboxylic acids is 1. The molecule has 1 amide bonds. The molecule has 0 aromatic heterocycles. The van der Waals surface area contributed by atoms with Crippen molar-refractivity contribution in [2.75, 3.05) is 6.67 Å². The Hall–Kier alpha value is -1.64. The van der Waals surface area contributed by atoms with E-state index in [1.165, 1.54) is 16.7 Å². The molecule has 2 nitrogen and oxygen atoms in total. The molecule has 0 heterocycles. The summed E-state index contributed by atoms with van der Waals surface area (Å²) in [6, 6.07) is -0.403. The largest absolute Gasteiger partial charge is 0.346 e. The maximum absolute atomic E-state index is 12.8. The minimum Gasteiger partial charge on any atom is -0.346 e. The van der Waals surface area contributed by atoms with Crippen LogP contribution in [0.15, 0.2) is 46.1 Å². The Morgan fingerprint density at radius 2 is 2.17 bits per heavy atom. The van der Waals surface area contributed by atoms with Crippen molar-refractivity contribution in [1.29, 1.82) is 0 Å². The van der Waals surface area contributed by atoms with Crippen LogP contribution in [0.4, 0.5) is 4.39 Å². The van der Waals surface area contributed by atoms with Gasteiger partial charge in [-0.05, 0) is 46.8 Å². The fourth-order valence-electron chi connectivity index (χ4n) is 2.46. The van der Waals surface area contributed by atoms with Gasteiger partial charge in [-0.2, -0.15) is 0 Å². The normalized spacial score (nSPS) is 21.2. The summed E-state index contributed by atoms with van der Waals surface area (Å²) < 4.78 is 12.8. The number of nitrogens with one attached hydrogen (secondary N) is 1. The van der Waals surface area contributed by atoms with Crippen LogP contribution in [0.25, 0.3) is 0 Å². The number of alkyl halides is 1. The highest BCUT2D eigenvalue weighted by atomic mass is 19.1. The lowest BCUT2D eigenvalue weighted by atomic mass is 10.0. The van der Waals surface area contributed by atoms with Gasteiger partial charge in [0.1, 0.15) is 6.67 Å². The van der Waals surface area contributed by atoms with Gasteiger partial charge in [0.15, 0.2) is 0 Å². The number of halogens is 1. The van der Waals surface area contributed by atoms with E-state index >= 15 is 0 Å². The highest BCUT2D eigenvalue weighted by molar-refractivity contribution is 6.02. The first-order valence-electron chi connectivity index (χ1n) is 6.35. The number of fused-ring (bicyclic) bond motifs is 2. The lowest BCUT2D eigenvalue weighted by Crippen LogP contribution is -2.40. The summed E-state index contributed by atoms with van der Waals surface area (Å²) in [6.45, 7) is 3.30. The molecule has 94 valence electrons. The van der Waals surface area contributed by atoms with Crippen molar-refractivity contribution < 1.29 is 9.18 Å². The summed E-state index contributed by atoms with van der Waals surface area (Å²) in [5.74, 6) is -0.0607. The van der Waals surface area contributed by atoms with Gasteiger partial charge in [0, 0.05) is 5.57 Å². The summed E-state index contributed by atoms with van der Waals surface area (Å²) in [5, 5.41) is 2.78. The number of carbonyl (C=O) groups is 1. The molecule has 18 heavy (non-hydrogen) atoms. The lowest BCUT2D eigenvalue weighted by Gasteiger charge is -2.19. The van der Waals surface area contributed by atoms with E-state index in [0.29, 0.717) is 5.57 Å². The maximum Gasteiger partial charge on any atom is 0.252 e. The molecular weight excluding hydrogens is 229 g/mol. The summed E-state index contributed by atoms with van der Waals surface area (Å²) >= 11 is 0. The Morgan fingerprint density at radius 3 is 2.83 bits per heavy atom. The van der Waals surface area contributed by atoms with Gasteiger partial charge in [-0.1, -0.05) is 19.9 Å². The van der Waals surface area contributed by atoms with Crippen LogP contribution in [0, 0.1) is 5.92 Å². The molecule has 1 saturated carbocycles. The Morgan fingerprint density at radius 1 is 1.39 bits per heavy atom. The van der Waals surface area contributed by atoms with E-state index in [-0.39, 0.29) is 11.8 Å². The second-order valence-electron chi connectivity index (χ2n) is 5.38. The average molecular weight is 245 g/mol. The second-order valence-corrected chi connectivity index (χ2v) is 5.38. The summed E-state index contributed by atoms with van der Waals surface area (Å²) in [5.41, 5.74) is 5.61. The van der Waals surface area contributed by atoms with Crippen molar-refractivity contribution in [3.8, 4) is 0 Å². The summed E-state index contributed by atoms with van der Waals surface area (Å²) in [6.07, 6.45) is 6.99. The van der Waals surface area contributed by atoms with Crippen LogP contribution in [-0.4, -0.2) is 18.6 Å². The van der Waals surface area contributed by atoms with Gasteiger partial charge in [-0.3, -0.25) is 4.79 Å². The monoisotopic (exact) mass is 245 g/mol. The predicted molar refractivity (Wildman–Crippen MR) is 68.6 cm³/mol. The van der Waals surface area contributed by atoms with Crippen molar-refractivity contribution in [3.05, 3.63) is 46.1 Å². The first-order chi connectivity index (χ1) is 8.61. The van der Waals surface area contributed by atoms with E-state index in [1.807, 2.05) is 26.0 Å². The van der Waals surface area contributed by atoms with Crippen molar-refractivity contribution in [3.63, 3.8) is 0 Å². The Kier molecular flexibility index (Phi) is 2.51. The van der Waals surface area contributed by atoms with Gasteiger partial charge < -0.3 is 5.32 Å². The Balaban J connectivity index is 1.79. The molecule has 0 aromatic carbocycles. The van der Waals surface area contributed by atoms with E-state index in [0.717, 1.165) is 12.0 Å². The molecule has 0 saturated heterocycles. The third-order valence-corrected chi connectivity index (χ3v) is 3.80. The second kappa shape index (κ2) is 3.94. The Bertz CT molecular complexity index is 549. The van der Waals surface area contributed by atoms with Crippen molar-refractivity contribution in [2.45, 2.75) is 26.3 Å². The van der Waals surface area contributed by atoms with Gasteiger partial charge in [-0.15, -0.1) is 0 Å².